The van der Waals surface area contributed by atoms with Gasteiger partial charge in [-0.05, 0) is 60.7 Å². The molecule has 0 aliphatic rings. The van der Waals surface area contributed by atoms with Gasteiger partial charge in [-0.25, -0.2) is 17.8 Å². The smallest absolute Gasteiger partial charge is 0.225 e. The largest absolute Gasteiger partial charge is 0.311 e. The van der Waals surface area contributed by atoms with Crippen LogP contribution in [0.5, 0.6) is 0 Å². The predicted molar refractivity (Wildman–Crippen MR) is 136 cm³/mol. The summed E-state index contributed by atoms with van der Waals surface area (Å²) >= 11 is 1.49. The Kier molecular flexibility index (Phi) is 6.79. The molecule has 184 valence electrons. The van der Waals surface area contributed by atoms with Gasteiger partial charge in [0, 0.05) is 12.5 Å². The molecule has 1 amide bonds. The molecule has 0 saturated heterocycles. The zero-order valence-electron chi connectivity index (χ0n) is 20.0. The second kappa shape index (κ2) is 9.50. The zero-order valence-corrected chi connectivity index (χ0v) is 21.6. The number of anilines is 1. The second-order valence-electron chi connectivity index (χ2n) is 9.44. The molecule has 0 spiro atoms. The fourth-order valence-corrected chi connectivity index (χ4v) is 5.87. The number of halogens is 1. The summed E-state index contributed by atoms with van der Waals surface area (Å²) in [4.78, 5) is 17.3. The number of thiazole rings is 1. The first-order valence-corrected chi connectivity index (χ1v) is 13.7. The zero-order chi connectivity index (χ0) is 25.4. The van der Waals surface area contributed by atoms with Gasteiger partial charge in [0.1, 0.15) is 11.6 Å². The summed E-state index contributed by atoms with van der Waals surface area (Å²) < 4.78 is 40.5. The van der Waals surface area contributed by atoms with E-state index in [1.165, 1.54) is 29.0 Å². The average molecular weight is 515 g/mol. The van der Waals surface area contributed by atoms with Crippen LogP contribution >= 0.6 is 11.3 Å². The molecule has 2 aromatic carbocycles. The highest BCUT2D eigenvalue weighted by Crippen LogP contribution is 2.31. The Morgan fingerprint density at radius 2 is 1.83 bits per heavy atom. The maximum atomic E-state index is 13.1. The number of hydrogen-bond acceptors (Lipinski definition) is 6. The molecule has 35 heavy (non-hydrogen) atoms. The number of nitrogens with zero attached hydrogens (tertiary/aromatic N) is 3. The Labute approximate surface area is 207 Å². The van der Waals surface area contributed by atoms with Crippen LogP contribution in [0.25, 0.3) is 15.3 Å². The van der Waals surface area contributed by atoms with Gasteiger partial charge in [0.15, 0.2) is 9.84 Å². The molecule has 0 atom stereocenters. The molecule has 0 aliphatic heterocycles. The number of carbonyl (C=O) groups is 1. The molecule has 2 aromatic heterocycles. The van der Waals surface area contributed by atoms with Crippen LogP contribution in [0.4, 0.5) is 10.2 Å². The molecule has 1 N–H and O–H groups in total. The Balaban J connectivity index is 1.45. The summed E-state index contributed by atoms with van der Waals surface area (Å²) in [5.41, 5.74) is 2.80. The lowest BCUT2D eigenvalue weighted by Crippen LogP contribution is -2.16. The van der Waals surface area contributed by atoms with E-state index >= 15 is 0 Å². The van der Waals surface area contributed by atoms with E-state index in [9.17, 15) is 17.6 Å². The third-order valence-corrected chi connectivity index (χ3v) is 8.32. The topological polar surface area (TPSA) is 94.0 Å². The summed E-state index contributed by atoms with van der Waals surface area (Å²) in [7, 11) is -3.59. The van der Waals surface area contributed by atoms with Gasteiger partial charge in [-0.1, -0.05) is 38.2 Å². The van der Waals surface area contributed by atoms with E-state index in [-0.39, 0.29) is 34.8 Å². The SMILES string of the molecule is Cc1cc(NC(=O)CCCS(=O)(=O)c2ccc(F)cc2)n(-c2nc3ccc(C(C)(C)C)cc3s2)n1. The first-order valence-electron chi connectivity index (χ1n) is 11.2. The minimum Gasteiger partial charge on any atom is -0.311 e. The minimum absolute atomic E-state index is 0.0133. The van der Waals surface area contributed by atoms with Gasteiger partial charge >= 0.3 is 0 Å². The molecule has 2 heterocycles. The van der Waals surface area contributed by atoms with Gasteiger partial charge < -0.3 is 5.32 Å². The molecule has 0 unspecified atom stereocenters. The number of sulfone groups is 1. The van der Waals surface area contributed by atoms with Gasteiger partial charge in [0.05, 0.1) is 26.6 Å². The van der Waals surface area contributed by atoms with Crippen molar-refractivity contribution in [3.05, 3.63) is 65.6 Å². The maximum absolute atomic E-state index is 13.1. The molecule has 0 bridgehead atoms. The van der Waals surface area contributed by atoms with Gasteiger partial charge in [-0.15, -0.1) is 0 Å². The molecule has 0 aliphatic carbocycles. The quantitative estimate of drug-likeness (QED) is 0.332. The van der Waals surface area contributed by atoms with Gasteiger partial charge in [-0.2, -0.15) is 9.78 Å². The van der Waals surface area contributed by atoms with Crippen LogP contribution in [-0.4, -0.2) is 34.8 Å². The molecule has 0 saturated carbocycles. The Morgan fingerprint density at radius 3 is 2.51 bits per heavy atom. The van der Waals surface area contributed by atoms with Crippen LogP contribution < -0.4 is 5.32 Å². The van der Waals surface area contributed by atoms with E-state index < -0.39 is 15.7 Å². The average Bonchev–Trinajstić information content (AvgIpc) is 3.35. The monoisotopic (exact) mass is 514 g/mol. The van der Waals surface area contributed by atoms with Crippen molar-refractivity contribution >= 4 is 43.1 Å². The van der Waals surface area contributed by atoms with Gasteiger partial charge in [-0.3, -0.25) is 4.79 Å². The summed E-state index contributed by atoms with van der Waals surface area (Å²) in [6.07, 6.45) is 0.148. The molecule has 4 aromatic rings. The van der Waals surface area contributed by atoms with Crippen molar-refractivity contribution in [2.45, 2.75) is 50.8 Å². The summed E-state index contributed by atoms with van der Waals surface area (Å²) in [5, 5.41) is 7.95. The number of carbonyl (C=O) groups excluding carboxylic acids is 1. The predicted octanol–water partition coefficient (Wildman–Crippen LogP) is 5.42. The van der Waals surface area contributed by atoms with Crippen LogP contribution in [0.3, 0.4) is 0 Å². The van der Waals surface area contributed by atoms with Crippen LogP contribution in [0.1, 0.15) is 44.9 Å². The highest BCUT2D eigenvalue weighted by molar-refractivity contribution is 7.91. The van der Waals surface area contributed by atoms with E-state index in [2.05, 4.69) is 48.3 Å². The number of amides is 1. The number of fused-ring (bicyclic) bond motifs is 1. The van der Waals surface area contributed by atoms with Crippen LogP contribution in [0, 0.1) is 12.7 Å². The number of nitrogens with one attached hydrogen (secondary N) is 1. The van der Waals surface area contributed by atoms with Gasteiger partial charge in [0.25, 0.3) is 0 Å². The van der Waals surface area contributed by atoms with Crippen molar-refractivity contribution in [3.63, 3.8) is 0 Å². The lowest BCUT2D eigenvalue weighted by molar-refractivity contribution is -0.116. The summed E-state index contributed by atoms with van der Waals surface area (Å²) in [5.74, 6) is -0.559. The van der Waals surface area contributed by atoms with Crippen molar-refractivity contribution in [1.82, 2.24) is 14.8 Å². The first kappa shape index (κ1) is 25.0. The number of rotatable bonds is 7. The minimum atomic E-state index is -3.59. The summed E-state index contributed by atoms with van der Waals surface area (Å²) in [6, 6.07) is 12.6. The van der Waals surface area contributed by atoms with Crippen molar-refractivity contribution < 1.29 is 17.6 Å². The van der Waals surface area contributed by atoms with Crippen LogP contribution in [0.15, 0.2) is 53.4 Å². The molecule has 0 radical (unpaired) electrons. The second-order valence-corrected chi connectivity index (χ2v) is 12.6. The van der Waals surface area contributed by atoms with Crippen molar-refractivity contribution in [2.24, 2.45) is 0 Å². The van der Waals surface area contributed by atoms with Crippen molar-refractivity contribution in [3.8, 4) is 5.13 Å². The van der Waals surface area contributed by atoms with Gasteiger partial charge in [0.2, 0.25) is 11.0 Å². The van der Waals surface area contributed by atoms with E-state index in [0.717, 1.165) is 22.3 Å². The summed E-state index contributed by atoms with van der Waals surface area (Å²) in [6.45, 7) is 8.30. The highest BCUT2D eigenvalue weighted by Gasteiger charge is 2.19. The Bertz CT molecular complexity index is 1480. The van der Waals surface area contributed by atoms with Crippen molar-refractivity contribution in [2.75, 3.05) is 11.1 Å². The third-order valence-electron chi connectivity index (χ3n) is 5.51. The van der Waals surface area contributed by atoms with E-state index in [1.54, 1.807) is 10.7 Å². The normalized spacial score (nSPS) is 12.3. The molecular formula is C25H27FN4O3S2. The Hall–Kier alpha value is -3.11. The number of benzene rings is 2. The number of aromatic nitrogens is 3. The fourth-order valence-electron chi connectivity index (χ4n) is 3.59. The molecular weight excluding hydrogens is 487 g/mol. The fraction of sp³-hybridized carbons (Fsp3) is 0.320. The molecule has 0 fully saturated rings. The lowest BCUT2D eigenvalue weighted by atomic mass is 9.87. The van der Waals surface area contributed by atoms with Crippen LogP contribution in [-0.2, 0) is 20.0 Å². The van der Waals surface area contributed by atoms with E-state index in [0.29, 0.717) is 16.6 Å². The molecule has 7 nitrogen and oxygen atoms in total. The Morgan fingerprint density at radius 1 is 1.11 bits per heavy atom. The molecule has 4 rings (SSSR count). The third kappa shape index (κ3) is 5.76. The first-order chi connectivity index (χ1) is 16.4. The number of aryl methyl sites for hydroxylation is 1. The standard InChI is InChI=1S/C25H27FN4O3S2/c1-16-14-22(28-23(31)6-5-13-35(32,33)19-10-8-18(26)9-11-19)30(29-16)24-27-20-12-7-17(25(2,3)4)15-21(20)34-24/h7-12,14-15H,5-6,13H2,1-4H3,(H,28,31). The lowest BCUT2D eigenvalue weighted by Gasteiger charge is -2.18. The number of hydrogen-bond donors (Lipinski definition) is 1. The maximum Gasteiger partial charge on any atom is 0.225 e. The highest BCUT2D eigenvalue weighted by atomic mass is 32.2. The van der Waals surface area contributed by atoms with E-state index in [4.69, 9.17) is 0 Å². The van der Waals surface area contributed by atoms with Crippen LogP contribution in [0.2, 0.25) is 0 Å². The van der Waals surface area contributed by atoms with Crippen molar-refractivity contribution in [1.29, 1.82) is 0 Å². The molecule has 10 heteroatoms. The van der Waals surface area contributed by atoms with E-state index in [1.807, 2.05) is 13.0 Å².